The van der Waals surface area contributed by atoms with Crippen molar-refractivity contribution in [3.8, 4) is 0 Å². The fourth-order valence-corrected chi connectivity index (χ4v) is 5.27. The largest absolute Gasteiger partial charge is 0.466 e. The second-order valence-corrected chi connectivity index (χ2v) is 7.96. The van der Waals surface area contributed by atoms with Crippen molar-refractivity contribution in [3.63, 3.8) is 0 Å². The van der Waals surface area contributed by atoms with E-state index in [1.54, 1.807) is 45.0 Å². The first-order chi connectivity index (χ1) is 9.94. The SMILES string of the molecule is CCOC(=O)Cc1ccccc1SS(=O)(=O)N(CC)CC. The first-order valence-electron chi connectivity index (χ1n) is 6.87. The Morgan fingerprint density at radius 3 is 2.38 bits per heavy atom. The fourth-order valence-electron chi connectivity index (χ4n) is 1.80. The molecule has 1 rings (SSSR count). The van der Waals surface area contributed by atoms with Crippen LogP contribution >= 0.6 is 10.8 Å². The van der Waals surface area contributed by atoms with E-state index in [1.165, 1.54) is 4.31 Å². The van der Waals surface area contributed by atoms with Crippen LogP contribution in [0.3, 0.4) is 0 Å². The zero-order valence-electron chi connectivity index (χ0n) is 12.5. The molecule has 118 valence electrons. The predicted octanol–water partition coefficient (Wildman–Crippen LogP) is 2.47. The Morgan fingerprint density at radius 2 is 1.81 bits per heavy atom. The van der Waals surface area contributed by atoms with Crippen LogP contribution in [-0.2, 0) is 25.0 Å². The van der Waals surface area contributed by atoms with Gasteiger partial charge in [-0.1, -0.05) is 32.0 Å². The highest BCUT2D eigenvalue weighted by Gasteiger charge is 2.22. The van der Waals surface area contributed by atoms with Crippen molar-refractivity contribution in [2.24, 2.45) is 0 Å². The molecule has 0 aliphatic carbocycles. The van der Waals surface area contributed by atoms with Crippen LogP contribution in [0.5, 0.6) is 0 Å². The molecule has 0 spiro atoms. The zero-order valence-corrected chi connectivity index (χ0v) is 14.2. The number of nitrogens with zero attached hydrogens (tertiary/aromatic N) is 1. The molecule has 0 saturated heterocycles. The van der Waals surface area contributed by atoms with Crippen LogP contribution in [0, 0.1) is 0 Å². The average molecular weight is 331 g/mol. The molecule has 0 unspecified atom stereocenters. The minimum atomic E-state index is -3.45. The summed E-state index contributed by atoms with van der Waals surface area (Å²) >= 11 is 0. The summed E-state index contributed by atoms with van der Waals surface area (Å²) in [6.45, 7) is 6.49. The third-order valence-electron chi connectivity index (χ3n) is 2.83. The molecule has 0 saturated carbocycles. The van der Waals surface area contributed by atoms with Crippen molar-refractivity contribution >= 4 is 25.8 Å². The van der Waals surface area contributed by atoms with E-state index in [4.69, 9.17) is 4.74 Å². The quantitative estimate of drug-likeness (QED) is 0.541. The normalized spacial score (nSPS) is 11.6. The van der Waals surface area contributed by atoms with Crippen LogP contribution in [0.2, 0.25) is 0 Å². The smallest absolute Gasteiger partial charge is 0.310 e. The lowest BCUT2D eigenvalue weighted by Gasteiger charge is -2.18. The van der Waals surface area contributed by atoms with Crippen molar-refractivity contribution in [1.82, 2.24) is 4.31 Å². The summed E-state index contributed by atoms with van der Waals surface area (Å²) in [6, 6.07) is 6.99. The first-order valence-corrected chi connectivity index (χ1v) is 9.65. The second kappa shape index (κ2) is 8.41. The van der Waals surface area contributed by atoms with Gasteiger partial charge in [-0.15, -0.1) is 0 Å². The maximum Gasteiger partial charge on any atom is 0.310 e. The topological polar surface area (TPSA) is 63.7 Å². The van der Waals surface area contributed by atoms with Gasteiger partial charge in [0.05, 0.1) is 13.0 Å². The van der Waals surface area contributed by atoms with Gasteiger partial charge in [0, 0.05) is 28.8 Å². The van der Waals surface area contributed by atoms with Gasteiger partial charge in [0.25, 0.3) is 9.06 Å². The summed E-state index contributed by atoms with van der Waals surface area (Å²) in [5.41, 5.74) is 0.664. The Labute approximate surface area is 130 Å². The van der Waals surface area contributed by atoms with E-state index in [-0.39, 0.29) is 12.4 Å². The van der Waals surface area contributed by atoms with Crippen molar-refractivity contribution in [1.29, 1.82) is 0 Å². The van der Waals surface area contributed by atoms with Crippen molar-refractivity contribution in [2.75, 3.05) is 19.7 Å². The van der Waals surface area contributed by atoms with Gasteiger partial charge in [-0.2, -0.15) is 4.31 Å². The van der Waals surface area contributed by atoms with E-state index in [1.807, 2.05) is 0 Å². The highest BCUT2D eigenvalue weighted by molar-refractivity contribution is 8.71. The van der Waals surface area contributed by atoms with Gasteiger partial charge < -0.3 is 4.74 Å². The molecule has 0 aromatic heterocycles. The van der Waals surface area contributed by atoms with Gasteiger partial charge >= 0.3 is 5.97 Å². The molecular formula is C14H21NO4S2. The van der Waals surface area contributed by atoms with Crippen LogP contribution < -0.4 is 0 Å². The molecule has 1 aromatic carbocycles. The van der Waals surface area contributed by atoms with Crippen LogP contribution in [-0.4, -0.2) is 38.4 Å². The number of ether oxygens (including phenoxy) is 1. The maximum atomic E-state index is 12.3. The molecule has 21 heavy (non-hydrogen) atoms. The molecule has 0 fully saturated rings. The lowest BCUT2D eigenvalue weighted by atomic mass is 10.1. The van der Waals surface area contributed by atoms with E-state index in [0.717, 1.165) is 10.8 Å². The first kappa shape index (κ1) is 18.0. The molecule has 0 heterocycles. The minimum absolute atomic E-state index is 0.0742. The van der Waals surface area contributed by atoms with Crippen LogP contribution in [0.1, 0.15) is 26.3 Å². The lowest BCUT2D eigenvalue weighted by molar-refractivity contribution is -0.142. The summed E-state index contributed by atoms with van der Waals surface area (Å²) in [7, 11) is -2.67. The molecule has 0 atom stereocenters. The highest BCUT2D eigenvalue weighted by atomic mass is 33.1. The van der Waals surface area contributed by atoms with Crippen LogP contribution in [0.15, 0.2) is 29.2 Å². The molecule has 1 aromatic rings. The Bertz CT molecular complexity index is 568. The summed E-state index contributed by atoms with van der Waals surface area (Å²) in [5.74, 6) is -0.356. The van der Waals surface area contributed by atoms with E-state index < -0.39 is 9.06 Å². The number of esters is 1. The van der Waals surface area contributed by atoms with Crippen LogP contribution in [0.4, 0.5) is 0 Å². The predicted molar refractivity (Wildman–Crippen MR) is 84.5 cm³/mol. The number of carbonyl (C=O) groups excluding carboxylic acids is 1. The Morgan fingerprint density at radius 1 is 1.19 bits per heavy atom. The molecule has 0 aliphatic heterocycles. The molecule has 0 radical (unpaired) electrons. The van der Waals surface area contributed by atoms with Gasteiger partial charge in [-0.25, -0.2) is 8.42 Å². The van der Waals surface area contributed by atoms with Crippen LogP contribution in [0.25, 0.3) is 0 Å². The lowest BCUT2D eigenvalue weighted by Crippen LogP contribution is -2.28. The average Bonchev–Trinajstić information content (AvgIpc) is 2.42. The Hall–Kier alpha value is -1.05. The van der Waals surface area contributed by atoms with E-state index in [0.29, 0.717) is 30.2 Å². The summed E-state index contributed by atoms with van der Waals surface area (Å²) < 4.78 is 30.9. The van der Waals surface area contributed by atoms with Crippen molar-refractivity contribution in [2.45, 2.75) is 32.1 Å². The van der Waals surface area contributed by atoms with Gasteiger partial charge in [-0.3, -0.25) is 4.79 Å². The van der Waals surface area contributed by atoms with E-state index in [9.17, 15) is 13.2 Å². The molecule has 7 heteroatoms. The van der Waals surface area contributed by atoms with Crippen molar-refractivity contribution in [3.05, 3.63) is 29.8 Å². The van der Waals surface area contributed by atoms with Gasteiger partial charge in [0.15, 0.2) is 0 Å². The van der Waals surface area contributed by atoms with E-state index in [2.05, 4.69) is 0 Å². The fraction of sp³-hybridized carbons (Fsp3) is 0.500. The third kappa shape index (κ3) is 5.33. The summed E-state index contributed by atoms with van der Waals surface area (Å²) in [5, 5.41) is 0. The monoisotopic (exact) mass is 331 g/mol. The Balaban J connectivity index is 2.96. The summed E-state index contributed by atoms with van der Waals surface area (Å²) in [4.78, 5) is 12.2. The molecule has 0 aliphatic rings. The van der Waals surface area contributed by atoms with E-state index >= 15 is 0 Å². The van der Waals surface area contributed by atoms with Gasteiger partial charge in [0.2, 0.25) is 0 Å². The number of hydrogen-bond donors (Lipinski definition) is 0. The van der Waals surface area contributed by atoms with Gasteiger partial charge in [0.1, 0.15) is 0 Å². The number of benzene rings is 1. The molecule has 0 bridgehead atoms. The maximum absolute atomic E-state index is 12.3. The molecule has 0 amide bonds. The second-order valence-electron chi connectivity index (χ2n) is 4.21. The highest BCUT2D eigenvalue weighted by Crippen LogP contribution is 2.30. The molecular weight excluding hydrogens is 310 g/mol. The number of hydrogen-bond acceptors (Lipinski definition) is 5. The Kier molecular flexibility index (Phi) is 7.21. The third-order valence-corrected chi connectivity index (χ3v) is 6.57. The number of carbonyl (C=O) groups is 1. The zero-order chi connectivity index (χ0) is 15.9. The standard InChI is InChI=1S/C14H21NO4S2/c1-4-15(5-2)21(17,18)20-13-10-8-7-9-12(13)11-14(16)19-6-3/h7-10H,4-6,11H2,1-3H3. The van der Waals surface area contributed by atoms with Gasteiger partial charge in [-0.05, 0) is 18.6 Å². The molecule has 5 nitrogen and oxygen atoms in total. The minimum Gasteiger partial charge on any atom is -0.466 e. The molecule has 0 N–H and O–H groups in total. The number of rotatable bonds is 8. The van der Waals surface area contributed by atoms with Crippen molar-refractivity contribution < 1.29 is 17.9 Å². The summed E-state index contributed by atoms with van der Waals surface area (Å²) in [6.07, 6.45) is 0.0742.